The van der Waals surface area contributed by atoms with Crippen LogP contribution >= 0.6 is 0 Å². The van der Waals surface area contributed by atoms with E-state index in [0.717, 1.165) is 6.07 Å². The predicted molar refractivity (Wildman–Crippen MR) is 96.3 cm³/mol. The van der Waals surface area contributed by atoms with Crippen LogP contribution < -0.4 is 25.1 Å². The molecule has 0 fully saturated rings. The number of methoxy groups -OCH3 is 1. The number of amides is 2. The Morgan fingerprint density at radius 3 is 2.26 bits per heavy atom. The number of benzene rings is 2. The summed E-state index contributed by atoms with van der Waals surface area (Å²) in [6, 6.07) is 10.6. The van der Waals surface area contributed by atoms with Gasteiger partial charge >= 0.3 is 0 Å². The lowest BCUT2D eigenvalue weighted by Gasteiger charge is -2.15. The fraction of sp³-hybridized carbons (Fsp3) is 0.263. The molecule has 1 atom stereocenters. The van der Waals surface area contributed by atoms with Crippen LogP contribution in [0.25, 0.3) is 0 Å². The minimum Gasteiger partial charge on any atom is -0.497 e. The lowest BCUT2D eigenvalue weighted by Crippen LogP contribution is -2.47. The fourth-order valence-corrected chi connectivity index (χ4v) is 2.13. The van der Waals surface area contributed by atoms with Gasteiger partial charge in [0.1, 0.15) is 23.1 Å². The maximum Gasteiger partial charge on any atom is 0.279 e. The first-order chi connectivity index (χ1) is 12.9. The van der Waals surface area contributed by atoms with Crippen LogP contribution in [0.4, 0.5) is 4.39 Å². The van der Waals surface area contributed by atoms with E-state index in [1.807, 2.05) is 6.92 Å². The van der Waals surface area contributed by atoms with Gasteiger partial charge in [-0.25, -0.2) is 4.39 Å². The first kappa shape index (κ1) is 20.0. The number of halogens is 1. The summed E-state index contributed by atoms with van der Waals surface area (Å²) in [4.78, 5) is 24.0. The molecule has 0 aliphatic heterocycles. The lowest BCUT2D eigenvalue weighted by atomic mass is 10.2. The second kappa shape index (κ2) is 9.42. The minimum atomic E-state index is -0.885. The van der Waals surface area contributed by atoms with Gasteiger partial charge in [0.15, 0.2) is 6.10 Å². The summed E-state index contributed by atoms with van der Waals surface area (Å²) in [5.74, 6) is -0.711. The molecule has 0 heterocycles. The highest BCUT2D eigenvalue weighted by Gasteiger charge is 2.17. The Morgan fingerprint density at radius 1 is 1.04 bits per heavy atom. The molecule has 2 amide bonds. The zero-order valence-corrected chi connectivity index (χ0v) is 15.2. The molecule has 2 N–H and O–H groups in total. The number of hydrogen-bond donors (Lipinski definition) is 2. The monoisotopic (exact) mass is 376 g/mol. The van der Waals surface area contributed by atoms with Crippen molar-refractivity contribution < 1.29 is 28.2 Å². The summed E-state index contributed by atoms with van der Waals surface area (Å²) < 4.78 is 29.5. The van der Waals surface area contributed by atoms with E-state index < -0.39 is 23.7 Å². The fourth-order valence-electron chi connectivity index (χ4n) is 2.13. The Morgan fingerprint density at radius 2 is 1.67 bits per heavy atom. The van der Waals surface area contributed by atoms with Crippen LogP contribution in [0.5, 0.6) is 17.2 Å². The predicted octanol–water partition coefficient (Wildman–Crippen LogP) is 2.46. The SMILES string of the molecule is CCOc1ccc(O[C@H](C)C(=O)NNC(=O)c2ccc(OC)cc2F)cc1. The Hall–Kier alpha value is -3.29. The summed E-state index contributed by atoms with van der Waals surface area (Å²) in [7, 11) is 1.39. The van der Waals surface area contributed by atoms with Gasteiger partial charge in [0, 0.05) is 6.07 Å². The molecule has 144 valence electrons. The van der Waals surface area contributed by atoms with E-state index in [1.165, 1.54) is 26.2 Å². The average Bonchev–Trinajstić information content (AvgIpc) is 2.67. The van der Waals surface area contributed by atoms with Crippen molar-refractivity contribution >= 4 is 11.8 Å². The van der Waals surface area contributed by atoms with Crippen LogP contribution in [-0.4, -0.2) is 31.6 Å². The summed E-state index contributed by atoms with van der Waals surface area (Å²) in [5.41, 5.74) is 4.13. The van der Waals surface area contributed by atoms with Gasteiger partial charge in [0.25, 0.3) is 11.8 Å². The molecule has 0 aliphatic carbocycles. The number of ether oxygens (including phenoxy) is 3. The van der Waals surface area contributed by atoms with Crippen molar-refractivity contribution in [2.45, 2.75) is 20.0 Å². The molecule has 7 nitrogen and oxygen atoms in total. The maximum absolute atomic E-state index is 13.9. The Bertz CT molecular complexity index is 795. The third-order valence-electron chi connectivity index (χ3n) is 3.54. The van der Waals surface area contributed by atoms with Gasteiger partial charge in [-0.05, 0) is 50.2 Å². The van der Waals surface area contributed by atoms with Gasteiger partial charge in [-0.15, -0.1) is 0 Å². The molecule has 0 saturated carbocycles. The molecule has 2 aromatic rings. The minimum absolute atomic E-state index is 0.226. The second-order valence-corrected chi connectivity index (χ2v) is 5.45. The van der Waals surface area contributed by atoms with Crippen LogP contribution in [0.2, 0.25) is 0 Å². The van der Waals surface area contributed by atoms with Gasteiger partial charge in [-0.1, -0.05) is 0 Å². The largest absolute Gasteiger partial charge is 0.497 e. The molecule has 0 radical (unpaired) electrons. The smallest absolute Gasteiger partial charge is 0.279 e. The van der Waals surface area contributed by atoms with Crippen molar-refractivity contribution in [2.75, 3.05) is 13.7 Å². The molecular weight excluding hydrogens is 355 g/mol. The van der Waals surface area contributed by atoms with Gasteiger partial charge in [-0.3, -0.25) is 20.4 Å². The zero-order valence-electron chi connectivity index (χ0n) is 15.2. The summed E-state index contributed by atoms with van der Waals surface area (Å²) in [6.07, 6.45) is -0.885. The third-order valence-corrected chi connectivity index (χ3v) is 3.54. The molecule has 8 heteroatoms. The highest BCUT2D eigenvalue weighted by molar-refractivity contribution is 5.96. The maximum atomic E-state index is 13.9. The van der Waals surface area contributed by atoms with E-state index >= 15 is 0 Å². The van der Waals surface area contributed by atoms with Gasteiger partial charge in [0.05, 0.1) is 19.3 Å². The molecule has 2 rings (SSSR count). The molecule has 0 aliphatic rings. The van der Waals surface area contributed by atoms with Crippen molar-refractivity contribution in [1.82, 2.24) is 10.9 Å². The van der Waals surface area contributed by atoms with Gasteiger partial charge in [-0.2, -0.15) is 0 Å². The number of carbonyl (C=O) groups is 2. The van der Waals surface area contributed by atoms with Crippen molar-refractivity contribution in [3.05, 3.63) is 53.8 Å². The molecule has 0 spiro atoms. The van der Waals surface area contributed by atoms with Gasteiger partial charge in [0.2, 0.25) is 0 Å². The summed E-state index contributed by atoms with van der Waals surface area (Å²) in [6.45, 7) is 3.95. The van der Waals surface area contributed by atoms with E-state index in [0.29, 0.717) is 18.1 Å². The van der Waals surface area contributed by atoms with E-state index in [1.54, 1.807) is 24.3 Å². The summed E-state index contributed by atoms with van der Waals surface area (Å²) >= 11 is 0. The van der Waals surface area contributed by atoms with E-state index in [-0.39, 0.29) is 11.3 Å². The van der Waals surface area contributed by atoms with E-state index in [4.69, 9.17) is 14.2 Å². The first-order valence-corrected chi connectivity index (χ1v) is 8.27. The standard InChI is InChI=1S/C19H21FN2O5/c1-4-26-13-5-7-14(8-6-13)27-12(2)18(23)21-22-19(24)16-10-9-15(25-3)11-17(16)20/h5-12H,4H2,1-3H3,(H,21,23)(H,22,24)/t12-/m1/s1. The van der Waals surface area contributed by atoms with Crippen molar-refractivity contribution in [3.8, 4) is 17.2 Å². The number of carbonyl (C=O) groups excluding carboxylic acids is 2. The van der Waals surface area contributed by atoms with E-state index in [9.17, 15) is 14.0 Å². The number of rotatable bonds is 7. The molecule has 2 aromatic carbocycles. The molecule has 0 aromatic heterocycles. The van der Waals surface area contributed by atoms with Crippen molar-refractivity contribution in [3.63, 3.8) is 0 Å². The zero-order chi connectivity index (χ0) is 19.8. The van der Waals surface area contributed by atoms with Gasteiger partial charge < -0.3 is 14.2 Å². The van der Waals surface area contributed by atoms with Crippen LogP contribution in [0.1, 0.15) is 24.2 Å². The molecule has 0 bridgehead atoms. The normalized spacial score (nSPS) is 11.3. The van der Waals surface area contributed by atoms with Crippen LogP contribution in [0, 0.1) is 5.82 Å². The molecule has 0 unspecified atom stereocenters. The second-order valence-electron chi connectivity index (χ2n) is 5.45. The highest BCUT2D eigenvalue weighted by Crippen LogP contribution is 2.19. The van der Waals surface area contributed by atoms with Crippen LogP contribution in [-0.2, 0) is 4.79 Å². The Labute approximate surface area is 156 Å². The molecule has 27 heavy (non-hydrogen) atoms. The quantitative estimate of drug-likeness (QED) is 0.725. The Kier molecular flexibility index (Phi) is 6.99. The first-order valence-electron chi connectivity index (χ1n) is 8.27. The third kappa shape index (κ3) is 5.60. The number of hydrogen-bond acceptors (Lipinski definition) is 5. The summed E-state index contributed by atoms with van der Waals surface area (Å²) in [5, 5.41) is 0. The average molecular weight is 376 g/mol. The van der Waals surface area contributed by atoms with Crippen LogP contribution in [0.15, 0.2) is 42.5 Å². The van der Waals surface area contributed by atoms with Crippen LogP contribution in [0.3, 0.4) is 0 Å². The Balaban J connectivity index is 1.87. The molecule has 0 saturated heterocycles. The van der Waals surface area contributed by atoms with Crippen molar-refractivity contribution in [2.24, 2.45) is 0 Å². The van der Waals surface area contributed by atoms with E-state index in [2.05, 4.69) is 10.9 Å². The highest BCUT2D eigenvalue weighted by atomic mass is 19.1. The number of hydrazine groups is 1. The van der Waals surface area contributed by atoms with Crippen molar-refractivity contribution in [1.29, 1.82) is 0 Å². The lowest BCUT2D eigenvalue weighted by molar-refractivity contribution is -0.128. The number of nitrogens with one attached hydrogen (secondary N) is 2. The molecular formula is C19H21FN2O5. The topological polar surface area (TPSA) is 85.9 Å².